The Morgan fingerprint density at radius 3 is 2.10 bits per heavy atom. The van der Waals surface area contributed by atoms with Gasteiger partial charge in [-0.2, -0.15) is 4.39 Å². The van der Waals surface area contributed by atoms with E-state index in [0.29, 0.717) is 11.7 Å². The van der Waals surface area contributed by atoms with Crippen molar-refractivity contribution in [2.45, 2.75) is 107 Å². The van der Waals surface area contributed by atoms with Gasteiger partial charge in [0.05, 0.1) is 0 Å². The minimum atomic E-state index is -1.77. The average molecular weight is 439 g/mol. The van der Waals surface area contributed by atoms with E-state index in [2.05, 4.69) is 19.1 Å². The van der Waals surface area contributed by atoms with E-state index in [0.717, 1.165) is 11.8 Å². The number of rotatable bonds is 10. The summed E-state index contributed by atoms with van der Waals surface area (Å²) in [5.41, 5.74) is 1.36. The Kier molecular flexibility index (Phi) is 9.84. The van der Waals surface area contributed by atoms with Crippen molar-refractivity contribution in [2.75, 3.05) is 0 Å². The van der Waals surface area contributed by atoms with Gasteiger partial charge in [-0.05, 0) is 72.7 Å². The van der Waals surface area contributed by atoms with Crippen molar-refractivity contribution < 1.29 is 9.13 Å². The molecule has 0 amide bonds. The van der Waals surface area contributed by atoms with Crippen LogP contribution in [-0.4, -0.2) is 14.6 Å². The molecule has 4 heteroatoms. The fourth-order valence-electron chi connectivity index (χ4n) is 5.79. The fourth-order valence-corrected chi connectivity index (χ4v) is 9.46. The summed E-state index contributed by atoms with van der Waals surface area (Å²) in [5, 5.41) is 0. The van der Waals surface area contributed by atoms with Crippen molar-refractivity contribution in [1.82, 2.24) is 0 Å². The molecule has 0 bridgehead atoms. The number of halogens is 2. The number of benzene rings is 1. The minimum absolute atomic E-state index is 0.300. The van der Waals surface area contributed by atoms with Crippen LogP contribution in [0, 0.1) is 11.8 Å². The van der Waals surface area contributed by atoms with Crippen molar-refractivity contribution in [1.29, 1.82) is 0 Å². The summed E-state index contributed by atoms with van der Waals surface area (Å²) >= 11 is 5.24. The van der Waals surface area contributed by atoms with Crippen molar-refractivity contribution in [3.8, 4) is 5.75 Å². The van der Waals surface area contributed by atoms with Crippen LogP contribution in [-0.2, 0) is 0 Å². The SMILES string of the molecule is CCC[SiH]1CCC(CCCCC2CCC(c3ccc(OC(F)Cl)cc3)CC2)CC1. The third-order valence-corrected chi connectivity index (χ3v) is 11.3. The van der Waals surface area contributed by atoms with Gasteiger partial charge in [0.15, 0.2) is 0 Å². The van der Waals surface area contributed by atoms with Gasteiger partial charge in [0.25, 0.3) is 0 Å². The van der Waals surface area contributed by atoms with Crippen LogP contribution in [0.5, 0.6) is 5.75 Å². The zero-order chi connectivity index (χ0) is 20.5. The molecule has 0 radical (unpaired) electrons. The van der Waals surface area contributed by atoms with E-state index in [4.69, 9.17) is 16.3 Å². The molecule has 1 saturated heterocycles. The minimum Gasteiger partial charge on any atom is -0.447 e. The van der Waals surface area contributed by atoms with E-state index in [9.17, 15) is 4.39 Å². The zero-order valence-corrected chi connectivity index (χ0v) is 20.2. The molecule has 0 spiro atoms. The third kappa shape index (κ3) is 7.90. The van der Waals surface area contributed by atoms with E-state index in [1.54, 1.807) is 31.0 Å². The first-order valence-electron chi connectivity index (χ1n) is 12.2. The molecular weight excluding hydrogens is 399 g/mol. The average Bonchev–Trinajstić information content (AvgIpc) is 2.73. The highest BCUT2D eigenvalue weighted by Crippen LogP contribution is 2.38. The quantitative estimate of drug-likeness (QED) is 0.202. The van der Waals surface area contributed by atoms with Gasteiger partial charge < -0.3 is 4.74 Å². The topological polar surface area (TPSA) is 9.23 Å². The molecule has 0 aromatic heterocycles. The maximum absolute atomic E-state index is 12.7. The smallest absolute Gasteiger partial charge is 0.316 e. The lowest BCUT2D eigenvalue weighted by Crippen LogP contribution is -2.21. The molecule has 29 heavy (non-hydrogen) atoms. The molecule has 1 saturated carbocycles. The summed E-state index contributed by atoms with van der Waals surface area (Å²) < 4.78 is 17.6. The van der Waals surface area contributed by atoms with Gasteiger partial charge in [-0.1, -0.05) is 82.1 Å². The van der Waals surface area contributed by atoms with Crippen LogP contribution >= 0.6 is 11.6 Å². The van der Waals surface area contributed by atoms with Crippen molar-refractivity contribution in [3.63, 3.8) is 0 Å². The molecule has 1 aromatic rings. The van der Waals surface area contributed by atoms with Crippen LogP contribution in [0.3, 0.4) is 0 Å². The molecule has 1 aromatic carbocycles. The highest BCUT2D eigenvalue weighted by Gasteiger charge is 2.23. The van der Waals surface area contributed by atoms with E-state index >= 15 is 0 Å². The molecule has 1 unspecified atom stereocenters. The van der Waals surface area contributed by atoms with Gasteiger partial charge in [0, 0.05) is 8.80 Å². The number of ether oxygens (including phenoxy) is 1. The highest BCUT2D eigenvalue weighted by atomic mass is 35.5. The summed E-state index contributed by atoms with van der Waals surface area (Å²) in [6.07, 6.45) is 15.7. The lowest BCUT2D eigenvalue weighted by molar-refractivity contribution is 0.147. The first-order chi connectivity index (χ1) is 14.1. The standard InChI is InChI=1S/C25H40ClFOSi/c1-2-17-29-18-15-21(16-19-29)6-4-3-5-20-7-9-22(10-8-20)23-11-13-24(14-12-23)28-25(26)27/h11-14,20-22,25,29H,2-10,15-19H2,1H3. The highest BCUT2D eigenvalue weighted by molar-refractivity contribution is 6.58. The first kappa shape index (κ1) is 23.1. The normalized spacial score (nSPS) is 28.8. The molecule has 1 aliphatic heterocycles. The van der Waals surface area contributed by atoms with E-state index in [1.165, 1.54) is 63.4 Å². The van der Waals surface area contributed by atoms with Crippen LogP contribution < -0.4 is 4.74 Å². The molecular formula is C25H40ClFOSi. The van der Waals surface area contributed by atoms with Crippen LogP contribution in [0.1, 0.15) is 89.0 Å². The van der Waals surface area contributed by atoms with Crippen molar-refractivity contribution >= 4 is 20.4 Å². The van der Waals surface area contributed by atoms with Gasteiger partial charge in [0.1, 0.15) is 5.75 Å². The van der Waals surface area contributed by atoms with Gasteiger partial charge >= 0.3 is 5.82 Å². The summed E-state index contributed by atoms with van der Waals surface area (Å²) in [6, 6.07) is 12.7. The number of hydrogen-bond acceptors (Lipinski definition) is 1. The third-order valence-electron chi connectivity index (χ3n) is 7.56. The maximum Gasteiger partial charge on any atom is 0.316 e. The first-order valence-corrected chi connectivity index (χ1v) is 15.1. The molecule has 164 valence electrons. The molecule has 1 nitrogen and oxygen atoms in total. The summed E-state index contributed by atoms with van der Waals surface area (Å²) in [6.45, 7) is 2.36. The maximum atomic E-state index is 12.7. The van der Waals surface area contributed by atoms with Gasteiger partial charge in [-0.3, -0.25) is 0 Å². The monoisotopic (exact) mass is 438 g/mol. The molecule has 2 fully saturated rings. The predicted octanol–water partition coefficient (Wildman–Crippen LogP) is 8.44. The second-order valence-electron chi connectivity index (χ2n) is 9.63. The predicted molar refractivity (Wildman–Crippen MR) is 126 cm³/mol. The molecule has 1 aliphatic carbocycles. The summed E-state index contributed by atoms with van der Waals surface area (Å²) in [7, 11) is -0.300. The zero-order valence-electron chi connectivity index (χ0n) is 18.3. The summed E-state index contributed by atoms with van der Waals surface area (Å²) in [5.74, 6) is 1.38. The van der Waals surface area contributed by atoms with E-state index in [1.807, 2.05) is 12.1 Å². The Balaban J connectivity index is 1.27. The van der Waals surface area contributed by atoms with Gasteiger partial charge in [-0.15, -0.1) is 0 Å². The Hall–Kier alpha value is -0.543. The molecule has 1 atom stereocenters. The molecule has 2 aliphatic rings. The fraction of sp³-hybridized carbons (Fsp3) is 0.760. The van der Waals surface area contributed by atoms with E-state index < -0.39 is 5.82 Å². The lowest BCUT2D eigenvalue weighted by atomic mass is 9.77. The Morgan fingerprint density at radius 1 is 0.966 bits per heavy atom. The van der Waals surface area contributed by atoms with Crippen LogP contribution in [0.2, 0.25) is 18.1 Å². The Morgan fingerprint density at radius 2 is 1.55 bits per heavy atom. The van der Waals surface area contributed by atoms with Crippen molar-refractivity contribution in [2.24, 2.45) is 11.8 Å². The van der Waals surface area contributed by atoms with Crippen molar-refractivity contribution in [3.05, 3.63) is 29.8 Å². The number of unbranched alkanes of at least 4 members (excludes halogenated alkanes) is 1. The largest absolute Gasteiger partial charge is 0.447 e. The molecule has 3 rings (SSSR count). The second kappa shape index (κ2) is 12.3. The Bertz CT molecular complexity index is 563. The Labute approximate surface area is 184 Å². The molecule has 1 heterocycles. The van der Waals surface area contributed by atoms with E-state index in [-0.39, 0.29) is 8.80 Å². The number of alkyl halides is 2. The number of hydrogen-bond donors (Lipinski definition) is 0. The molecule has 0 N–H and O–H groups in total. The second-order valence-corrected chi connectivity index (χ2v) is 13.4. The van der Waals surface area contributed by atoms with Crippen LogP contribution in [0.4, 0.5) is 4.39 Å². The summed E-state index contributed by atoms with van der Waals surface area (Å²) in [4.78, 5) is 0. The van der Waals surface area contributed by atoms with Crippen LogP contribution in [0.25, 0.3) is 0 Å². The van der Waals surface area contributed by atoms with Crippen LogP contribution in [0.15, 0.2) is 24.3 Å². The lowest BCUT2D eigenvalue weighted by Gasteiger charge is -2.29. The van der Waals surface area contributed by atoms with Gasteiger partial charge in [-0.25, -0.2) is 0 Å². The van der Waals surface area contributed by atoms with Gasteiger partial charge in [0.2, 0.25) is 0 Å².